The van der Waals surface area contributed by atoms with E-state index in [1.54, 1.807) is 24.3 Å². The Hall–Kier alpha value is -4.05. The first-order chi connectivity index (χ1) is 18.2. The number of methoxy groups -OCH3 is 1. The van der Waals surface area contributed by atoms with Crippen molar-refractivity contribution in [3.05, 3.63) is 100 Å². The van der Waals surface area contributed by atoms with Crippen molar-refractivity contribution in [2.45, 2.75) is 12.8 Å². The highest BCUT2D eigenvalue weighted by Gasteiger charge is 2.30. The zero-order valence-electron chi connectivity index (χ0n) is 20.1. The number of amides is 1. The van der Waals surface area contributed by atoms with Gasteiger partial charge in [-0.05, 0) is 77.0 Å². The lowest BCUT2D eigenvalue weighted by Gasteiger charge is -2.13. The summed E-state index contributed by atoms with van der Waals surface area (Å²) in [6.07, 6.45) is -3.03. The van der Waals surface area contributed by atoms with Crippen LogP contribution in [0.5, 0.6) is 17.2 Å². The van der Waals surface area contributed by atoms with Crippen molar-refractivity contribution >= 4 is 38.8 Å². The van der Waals surface area contributed by atoms with Crippen molar-refractivity contribution in [3.63, 3.8) is 0 Å². The molecule has 0 aromatic heterocycles. The Kier molecular flexibility index (Phi) is 8.52. The van der Waals surface area contributed by atoms with Gasteiger partial charge in [-0.3, -0.25) is 4.79 Å². The molecule has 4 aromatic carbocycles. The molecule has 1 amide bonds. The molecule has 0 aliphatic rings. The molecular formula is C28H22BrF3N2O4. The Balaban J connectivity index is 1.33. The van der Waals surface area contributed by atoms with Crippen LogP contribution in [0.2, 0.25) is 0 Å². The molecule has 0 saturated heterocycles. The average molecular weight is 587 g/mol. The van der Waals surface area contributed by atoms with Gasteiger partial charge in [0.05, 0.1) is 18.9 Å². The number of alkyl halides is 3. The second kappa shape index (κ2) is 12.0. The van der Waals surface area contributed by atoms with Crippen LogP contribution < -0.4 is 19.6 Å². The molecule has 0 spiro atoms. The number of benzene rings is 4. The van der Waals surface area contributed by atoms with Gasteiger partial charge in [-0.25, -0.2) is 5.43 Å². The van der Waals surface area contributed by atoms with E-state index in [1.165, 1.54) is 25.5 Å². The second-order valence-corrected chi connectivity index (χ2v) is 9.04. The number of hydrogen-bond donors (Lipinski definition) is 1. The Morgan fingerprint density at radius 1 is 0.947 bits per heavy atom. The second-order valence-electron chi connectivity index (χ2n) is 8.12. The van der Waals surface area contributed by atoms with E-state index in [0.717, 1.165) is 27.4 Å². The summed E-state index contributed by atoms with van der Waals surface area (Å²) in [5.41, 5.74) is 2.82. The van der Waals surface area contributed by atoms with Crippen LogP contribution >= 0.6 is 15.9 Å². The molecule has 0 saturated carbocycles. The van der Waals surface area contributed by atoms with E-state index in [9.17, 15) is 18.0 Å². The molecule has 1 N–H and O–H groups in total. The standard InChI is InChI=1S/C28H22BrF3N2O4/c1-36-26-10-5-18(11-21(26)16-37-24-4-2-3-22(14-24)28(30,31)32)15-33-34-27(35)17-38-25-9-7-19-12-23(29)8-6-20(19)13-25/h2-15H,16-17H2,1H3,(H,34,35)/b33-15+. The summed E-state index contributed by atoms with van der Waals surface area (Å²) in [5.74, 6) is 0.681. The fraction of sp³-hybridized carbons (Fsp3) is 0.143. The van der Waals surface area contributed by atoms with Gasteiger partial charge in [0, 0.05) is 10.0 Å². The molecular weight excluding hydrogens is 565 g/mol. The minimum Gasteiger partial charge on any atom is -0.496 e. The van der Waals surface area contributed by atoms with Crippen LogP contribution in [0.15, 0.2) is 88.4 Å². The summed E-state index contributed by atoms with van der Waals surface area (Å²) in [6.45, 7) is -0.257. The van der Waals surface area contributed by atoms with Gasteiger partial charge < -0.3 is 14.2 Å². The molecule has 0 aliphatic heterocycles. The van der Waals surface area contributed by atoms with Crippen molar-refractivity contribution in [1.82, 2.24) is 5.43 Å². The van der Waals surface area contributed by atoms with Crippen LogP contribution in [0, 0.1) is 0 Å². The van der Waals surface area contributed by atoms with Crippen molar-refractivity contribution < 1.29 is 32.2 Å². The lowest BCUT2D eigenvalue weighted by atomic mass is 10.1. The van der Waals surface area contributed by atoms with E-state index in [4.69, 9.17) is 14.2 Å². The Morgan fingerprint density at radius 3 is 2.50 bits per heavy atom. The van der Waals surface area contributed by atoms with Crippen LogP contribution in [0.1, 0.15) is 16.7 Å². The van der Waals surface area contributed by atoms with Gasteiger partial charge >= 0.3 is 6.18 Å². The highest BCUT2D eigenvalue weighted by atomic mass is 79.9. The number of hydrazone groups is 1. The number of nitrogens with zero attached hydrogens (tertiary/aromatic N) is 1. The van der Waals surface area contributed by atoms with E-state index in [-0.39, 0.29) is 19.0 Å². The number of halogens is 4. The highest BCUT2D eigenvalue weighted by molar-refractivity contribution is 9.10. The summed E-state index contributed by atoms with van der Waals surface area (Å²) in [6, 6.07) is 21.1. The van der Waals surface area contributed by atoms with Crippen LogP contribution in [0.3, 0.4) is 0 Å². The summed E-state index contributed by atoms with van der Waals surface area (Å²) < 4.78 is 56.3. The number of rotatable bonds is 9. The van der Waals surface area contributed by atoms with Gasteiger partial charge in [-0.1, -0.05) is 34.1 Å². The zero-order valence-corrected chi connectivity index (χ0v) is 21.7. The van der Waals surface area contributed by atoms with Crippen LogP contribution in [-0.4, -0.2) is 25.8 Å². The van der Waals surface area contributed by atoms with Gasteiger partial charge in [-0.2, -0.15) is 18.3 Å². The van der Waals surface area contributed by atoms with Gasteiger partial charge in [-0.15, -0.1) is 0 Å². The zero-order chi connectivity index (χ0) is 27.1. The predicted octanol–water partition coefficient (Wildman–Crippen LogP) is 6.74. The fourth-order valence-corrected chi connectivity index (χ4v) is 3.94. The molecule has 4 rings (SSSR count). The summed E-state index contributed by atoms with van der Waals surface area (Å²) >= 11 is 3.43. The number of carbonyl (C=O) groups excluding carboxylic acids is 1. The van der Waals surface area contributed by atoms with E-state index in [0.29, 0.717) is 22.6 Å². The number of hydrogen-bond acceptors (Lipinski definition) is 5. The Morgan fingerprint density at radius 2 is 1.71 bits per heavy atom. The molecule has 196 valence electrons. The molecule has 0 atom stereocenters. The third kappa shape index (κ3) is 7.25. The summed E-state index contributed by atoms with van der Waals surface area (Å²) in [4.78, 5) is 12.2. The van der Waals surface area contributed by atoms with E-state index in [1.807, 2.05) is 30.3 Å². The van der Waals surface area contributed by atoms with Crippen molar-refractivity contribution in [1.29, 1.82) is 0 Å². The van der Waals surface area contributed by atoms with Gasteiger partial charge in [0.25, 0.3) is 5.91 Å². The quantitative estimate of drug-likeness (QED) is 0.174. The van der Waals surface area contributed by atoms with Crippen molar-refractivity contribution in [2.75, 3.05) is 13.7 Å². The Bertz CT molecular complexity index is 1470. The lowest BCUT2D eigenvalue weighted by molar-refractivity contribution is -0.137. The SMILES string of the molecule is COc1ccc(/C=N/NC(=O)COc2ccc3cc(Br)ccc3c2)cc1COc1cccc(C(F)(F)F)c1. The summed E-state index contributed by atoms with van der Waals surface area (Å²) in [5, 5.41) is 5.97. The minimum atomic E-state index is -4.46. The first-order valence-electron chi connectivity index (χ1n) is 11.3. The largest absolute Gasteiger partial charge is 0.496 e. The highest BCUT2D eigenvalue weighted by Crippen LogP contribution is 2.32. The molecule has 0 fully saturated rings. The molecule has 10 heteroatoms. The maximum Gasteiger partial charge on any atom is 0.416 e. The first-order valence-corrected chi connectivity index (χ1v) is 12.1. The third-order valence-electron chi connectivity index (χ3n) is 5.41. The van der Waals surface area contributed by atoms with E-state index >= 15 is 0 Å². The van der Waals surface area contributed by atoms with Crippen LogP contribution in [0.4, 0.5) is 13.2 Å². The van der Waals surface area contributed by atoms with Crippen LogP contribution in [-0.2, 0) is 17.6 Å². The van der Waals surface area contributed by atoms with Crippen molar-refractivity contribution in [3.8, 4) is 17.2 Å². The predicted molar refractivity (Wildman–Crippen MR) is 142 cm³/mol. The number of ether oxygens (including phenoxy) is 3. The monoisotopic (exact) mass is 586 g/mol. The first kappa shape index (κ1) is 27.0. The molecule has 4 aromatic rings. The van der Waals surface area contributed by atoms with Gasteiger partial charge in [0.2, 0.25) is 0 Å². The van der Waals surface area contributed by atoms with Gasteiger partial charge in [0.15, 0.2) is 6.61 Å². The maximum absolute atomic E-state index is 13.0. The topological polar surface area (TPSA) is 69.2 Å². The molecule has 0 aliphatic carbocycles. The Labute approximate surface area is 225 Å². The molecule has 0 heterocycles. The minimum absolute atomic E-state index is 0.0327. The normalized spacial score (nSPS) is 11.5. The van der Waals surface area contributed by atoms with Crippen molar-refractivity contribution in [2.24, 2.45) is 5.10 Å². The summed E-state index contributed by atoms with van der Waals surface area (Å²) in [7, 11) is 1.48. The average Bonchev–Trinajstić information content (AvgIpc) is 2.90. The van der Waals surface area contributed by atoms with E-state index in [2.05, 4.69) is 26.5 Å². The van der Waals surface area contributed by atoms with Gasteiger partial charge in [0.1, 0.15) is 23.9 Å². The molecule has 0 bridgehead atoms. The molecule has 6 nitrogen and oxygen atoms in total. The molecule has 38 heavy (non-hydrogen) atoms. The molecule has 0 radical (unpaired) electrons. The lowest BCUT2D eigenvalue weighted by Crippen LogP contribution is -2.24. The van der Waals surface area contributed by atoms with Crippen LogP contribution in [0.25, 0.3) is 10.8 Å². The number of fused-ring (bicyclic) bond motifs is 1. The maximum atomic E-state index is 13.0. The number of nitrogens with one attached hydrogen (secondary N) is 1. The smallest absolute Gasteiger partial charge is 0.416 e. The fourth-order valence-electron chi connectivity index (χ4n) is 3.56. The van der Waals surface area contributed by atoms with E-state index < -0.39 is 17.6 Å². The molecule has 0 unspecified atom stereocenters. The number of carbonyl (C=O) groups is 1. The third-order valence-corrected chi connectivity index (χ3v) is 5.90.